The van der Waals surface area contributed by atoms with Crippen LogP contribution in [-0.2, 0) is 13.0 Å². The Balaban J connectivity index is 1.76. The minimum atomic E-state index is 0.235. The summed E-state index contributed by atoms with van der Waals surface area (Å²) in [6.07, 6.45) is 2.98. The first-order chi connectivity index (χ1) is 14.2. The van der Waals surface area contributed by atoms with Gasteiger partial charge in [0.05, 0.1) is 17.1 Å². The molecule has 0 aliphatic heterocycles. The molecule has 0 bridgehead atoms. The van der Waals surface area contributed by atoms with Crippen LogP contribution in [0.4, 0.5) is 0 Å². The Labute approximate surface area is 170 Å². The summed E-state index contributed by atoms with van der Waals surface area (Å²) >= 11 is 0. The van der Waals surface area contributed by atoms with Crippen LogP contribution in [0.5, 0.6) is 5.75 Å². The third-order valence-electron chi connectivity index (χ3n) is 5.21. The molecule has 0 unspecified atom stereocenters. The molecule has 0 atom stereocenters. The number of benzene rings is 3. The van der Waals surface area contributed by atoms with Crippen LogP contribution in [0, 0.1) is 11.3 Å². The Morgan fingerprint density at radius 3 is 2.62 bits per heavy atom. The first-order valence-corrected chi connectivity index (χ1v) is 9.96. The molecule has 3 aromatic carbocycles. The van der Waals surface area contributed by atoms with Crippen molar-refractivity contribution in [3.8, 4) is 22.9 Å². The van der Waals surface area contributed by atoms with Crippen molar-refractivity contribution in [1.82, 2.24) is 9.55 Å². The summed E-state index contributed by atoms with van der Waals surface area (Å²) in [7, 11) is 0. The number of phenolic OH excluding ortho intramolecular Hbond substituents is 1. The second kappa shape index (κ2) is 8.20. The van der Waals surface area contributed by atoms with E-state index in [2.05, 4.69) is 23.6 Å². The number of nitriles is 1. The zero-order valence-electron chi connectivity index (χ0n) is 16.5. The van der Waals surface area contributed by atoms with Gasteiger partial charge in [0, 0.05) is 13.0 Å². The number of aryl methyl sites for hydroxylation is 1. The lowest BCUT2D eigenvalue weighted by molar-refractivity contribution is 0.477. The van der Waals surface area contributed by atoms with Gasteiger partial charge in [-0.05, 0) is 41.3 Å². The molecule has 4 nitrogen and oxygen atoms in total. The molecule has 0 amide bonds. The summed E-state index contributed by atoms with van der Waals surface area (Å²) in [5.74, 6) is 1.20. The number of aromatic nitrogens is 2. The lowest BCUT2D eigenvalue weighted by atomic mass is 9.98. The van der Waals surface area contributed by atoms with Gasteiger partial charge in [0.15, 0.2) is 0 Å². The average Bonchev–Trinajstić information content (AvgIpc) is 3.11. The summed E-state index contributed by atoms with van der Waals surface area (Å²) in [6.45, 7) is 2.73. The number of unbranched alkanes of at least 4 members (excludes halogenated alkanes) is 1. The van der Waals surface area contributed by atoms with Crippen LogP contribution < -0.4 is 0 Å². The normalized spacial score (nSPS) is 10.9. The van der Waals surface area contributed by atoms with E-state index in [1.807, 2.05) is 54.6 Å². The van der Waals surface area contributed by atoms with Crippen molar-refractivity contribution in [2.45, 2.75) is 32.7 Å². The third kappa shape index (κ3) is 3.72. The molecule has 0 spiro atoms. The van der Waals surface area contributed by atoms with E-state index in [-0.39, 0.29) is 5.75 Å². The quantitative estimate of drug-likeness (QED) is 0.468. The summed E-state index contributed by atoms with van der Waals surface area (Å²) in [5, 5.41) is 20.2. The summed E-state index contributed by atoms with van der Waals surface area (Å²) < 4.78 is 2.08. The van der Waals surface area contributed by atoms with E-state index in [0.29, 0.717) is 12.1 Å². The molecule has 4 aromatic rings. The second-order valence-corrected chi connectivity index (χ2v) is 7.22. The van der Waals surface area contributed by atoms with Gasteiger partial charge in [-0.2, -0.15) is 5.26 Å². The minimum Gasteiger partial charge on any atom is -0.506 e. The van der Waals surface area contributed by atoms with Gasteiger partial charge in [-0.25, -0.2) is 4.98 Å². The average molecular weight is 381 g/mol. The topological polar surface area (TPSA) is 61.8 Å². The maximum absolute atomic E-state index is 10.4. The van der Waals surface area contributed by atoms with Gasteiger partial charge in [-0.1, -0.05) is 61.9 Å². The first-order valence-electron chi connectivity index (χ1n) is 9.96. The standard InChI is InChI=1S/C25H23N3O/c1-2-3-12-24-27-22-10-7-11-23(29)25(22)28(24)17-18-13-14-21(20(15-18)16-26)19-8-5-4-6-9-19/h4-11,13-15,29H,2-3,12,17H2,1H3. The van der Waals surface area contributed by atoms with Crippen molar-refractivity contribution in [2.24, 2.45) is 0 Å². The Bertz CT molecular complexity index is 1190. The molecule has 0 saturated heterocycles. The molecule has 1 heterocycles. The molecule has 0 saturated carbocycles. The van der Waals surface area contributed by atoms with E-state index < -0.39 is 0 Å². The molecule has 0 aliphatic carbocycles. The van der Waals surface area contributed by atoms with E-state index in [1.165, 1.54) is 0 Å². The number of aromatic hydroxyl groups is 1. The zero-order valence-corrected chi connectivity index (χ0v) is 16.5. The van der Waals surface area contributed by atoms with Gasteiger partial charge in [0.2, 0.25) is 0 Å². The van der Waals surface area contributed by atoms with Gasteiger partial charge < -0.3 is 9.67 Å². The number of hydrogen-bond donors (Lipinski definition) is 1. The molecule has 0 aliphatic rings. The number of phenols is 1. The molecular weight excluding hydrogens is 358 g/mol. The summed E-state index contributed by atoms with van der Waals surface area (Å²) in [5.41, 5.74) is 5.19. The number of rotatable bonds is 6. The molecule has 1 N–H and O–H groups in total. The maximum Gasteiger partial charge on any atom is 0.141 e. The molecule has 0 radical (unpaired) electrons. The number of fused-ring (bicyclic) bond motifs is 1. The Morgan fingerprint density at radius 2 is 1.86 bits per heavy atom. The van der Waals surface area contributed by atoms with Crippen molar-refractivity contribution >= 4 is 11.0 Å². The molecular formula is C25H23N3O. The van der Waals surface area contributed by atoms with E-state index in [1.54, 1.807) is 6.07 Å². The lowest BCUT2D eigenvalue weighted by Gasteiger charge is -2.12. The van der Waals surface area contributed by atoms with Crippen molar-refractivity contribution in [3.05, 3.63) is 83.7 Å². The van der Waals surface area contributed by atoms with Crippen molar-refractivity contribution < 1.29 is 5.11 Å². The Morgan fingerprint density at radius 1 is 1.03 bits per heavy atom. The van der Waals surface area contributed by atoms with Crippen LogP contribution in [0.15, 0.2) is 66.7 Å². The van der Waals surface area contributed by atoms with Crippen LogP contribution >= 0.6 is 0 Å². The van der Waals surface area contributed by atoms with Crippen LogP contribution in [0.25, 0.3) is 22.2 Å². The van der Waals surface area contributed by atoms with Gasteiger partial charge >= 0.3 is 0 Å². The largest absolute Gasteiger partial charge is 0.506 e. The predicted molar refractivity (Wildman–Crippen MR) is 116 cm³/mol. The van der Waals surface area contributed by atoms with Gasteiger partial charge in [0.25, 0.3) is 0 Å². The lowest BCUT2D eigenvalue weighted by Crippen LogP contribution is -2.06. The molecule has 0 fully saturated rings. The number of hydrogen-bond acceptors (Lipinski definition) is 3. The third-order valence-corrected chi connectivity index (χ3v) is 5.21. The SMILES string of the molecule is CCCCc1nc2cccc(O)c2n1Cc1ccc(-c2ccccc2)c(C#N)c1. The van der Waals surface area contributed by atoms with Gasteiger partial charge in [-0.15, -0.1) is 0 Å². The predicted octanol–water partition coefficient (Wildman–Crippen LogP) is 5.67. The smallest absolute Gasteiger partial charge is 0.141 e. The number of para-hydroxylation sites is 1. The molecule has 144 valence electrons. The molecule has 4 rings (SSSR count). The molecule has 29 heavy (non-hydrogen) atoms. The fourth-order valence-corrected chi connectivity index (χ4v) is 3.75. The Hall–Kier alpha value is -3.58. The highest BCUT2D eigenvalue weighted by atomic mass is 16.3. The van der Waals surface area contributed by atoms with Crippen LogP contribution in [0.1, 0.15) is 36.7 Å². The van der Waals surface area contributed by atoms with Gasteiger partial charge in [-0.3, -0.25) is 0 Å². The summed E-state index contributed by atoms with van der Waals surface area (Å²) in [6, 6.07) is 23.7. The van der Waals surface area contributed by atoms with Crippen molar-refractivity contribution in [1.29, 1.82) is 5.26 Å². The van der Waals surface area contributed by atoms with E-state index in [4.69, 9.17) is 4.98 Å². The van der Waals surface area contributed by atoms with Crippen molar-refractivity contribution in [3.63, 3.8) is 0 Å². The molecule has 1 aromatic heterocycles. The summed E-state index contributed by atoms with van der Waals surface area (Å²) in [4.78, 5) is 4.75. The van der Waals surface area contributed by atoms with Crippen molar-refractivity contribution in [2.75, 3.05) is 0 Å². The highest BCUT2D eigenvalue weighted by molar-refractivity contribution is 5.82. The van der Waals surface area contributed by atoms with Crippen LogP contribution in [0.3, 0.4) is 0 Å². The Kier molecular flexibility index (Phi) is 5.31. The number of imidazole rings is 1. The minimum absolute atomic E-state index is 0.235. The second-order valence-electron chi connectivity index (χ2n) is 7.22. The highest BCUT2D eigenvalue weighted by Gasteiger charge is 2.15. The molecule has 4 heteroatoms. The van der Waals surface area contributed by atoms with E-state index in [9.17, 15) is 10.4 Å². The van der Waals surface area contributed by atoms with E-state index in [0.717, 1.165) is 52.8 Å². The zero-order chi connectivity index (χ0) is 20.2. The van der Waals surface area contributed by atoms with E-state index >= 15 is 0 Å². The fraction of sp³-hybridized carbons (Fsp3) is 0.200. The number of nitrogens with zero attached hydrogens (tertiary/aromatic N) is 3. The first kappa shape index (κ1) is 18.8. The fourth-order valence-electron chi connectivity index (χ4n) is 3.75. The van der Waals surface area contributed by atoms with Crippen LogP contribution in [0.2, 0.25) is 0 Å². The monoisotopic (exact) mass is 381 g/mol. The van der Waals surface area contributed by atoms with Gasteiger partial charge in [0.1, 0.15) is 17.1 Å². The van der Waals surface area contributed by atoms with Crippen LogP contribution in [-0.4, -0.2) is 14.7 Å². The highest BCUT2D eigenvalue weighted by Crippen LogP contribution is 2.29. The maximum atomic E-state index is 10.4.